The number of rotatable bonds is 1. The molecule has 0 radical (unpaired) electrons. The molecule has 2 unspecified atom stereocenters. The zero-order chi connectivity index (χ0) is 18.0. The fraction of sp³-hybridized carbons (Fsp3) is 0.500. The molecule has 27 heavy (non-hydrogen) atoms. The van der Waals surface area contributed by atoms with Gasteiger partial charge >= 0.3 is 11.4 Å². The van der Waals surface area contributed by atoms with E-state index in [-0.39, 0.29) is 29.4 Å². The van der Waals surface area contributed by atoms with E-state index in [1.54, 1.807) is 33.6 Å². The lowest BCUT2D eigenvalue weighted by molar-refractivity contribution is -0.0942. The van der Waals surface area contributed by atoms with Crippen LogP contribution in [0.3, 0.4) is 0 Å². The van der Waals surface area contributed by atoms with Crippen LogP contribution in [0.2, 0.25) is 0 Å². The second kappa shape index (κ2) is 3.52. The molecule has 0 amide bonds. The van der Waals surface area contributed by atoms with Crippen LogP contribution in [0.25, 0.3) is 5.69 Å². The second-order valence-electron chi connectivity index (χ2n) is 9.17. The Hall–Kier alpha value is -2.38. The Balaban J connectivity index is 1.48. The molecule has 10 atom stereocenters. The van der Waals surface area contributed by atoms with Crippen LogP contribution in [0.4, 0.5) is 0 Å². The van der Waals surface area contributed by atoms with E-state index in [9.17, 15) is 19.8 Å². The average Bonchev–Trinajstić information content (AvgIpc) is 3.45. The predicted molar refractivity (Wildman–Crippen MR) is 92.3 cm³/mol. The van der Waals surface area contributed by atoms with Gasteiger partial charge in [-0.15, -0.1) is 0 Å². The van der Waals surface area contributed by atoms with Crippen molar-refractivity contribution in [2.45, 2.75) is 24.3 Å². The van der Waals surface area contributed by atoms with E-state index in [1.165, 1.54) is 4.57 Å². The van der Waals surface area contributed by atoms with Crippen molar-refractivity contribution < 1.29 is 10.2 Å². The SMILES string of the molecule is O=c1n(-c2ccccc2)c(=O)n2n1[C@H]1[C@H]3C4C5[C@@]16[C@@H](O)C=C[C@@H](O)[C@@]56[C@@H]2[C@@H]43. The monoisotopic (exact) mass is 363 g/mol. The van der Waals surface area contributed by atoms with Gasteiger partial charge in [-0.05, 0) is 35.8 Å². The van der Waals surface area contributed by atoms with Gasteiger partial charge in [-0.2, -0.15) is 0 Å². The summed E-state index contributed by atoms with van der Waals surface area (Å²) in [7, 11) is 0. The van der Waals surface area contributed by atoms with Crippen molar-refractivity contribution >= 4 is 0 Å². The fourth-order valence-electron chi connectivity index (χ4n) is 8.69. The van der Waals surface area contributed by atoms with Gasteiger partial charge in [0.15, 0.2) is 0 Å². The summed E-state index contributed by atoms with van der Waals surface area (Å²) < 4.78 is 4.53. The van der Waals surface area contributed by atoms with Gasteiger partial charge in [0, 0.05) is 10.8 Å². The molecule has 136 valence electrons. The van der Waals surface area contributed by atoms with Crippen LogP contribution in [0.1, 0.15) is 12.1 Å². The van der Waals surface area contributed by atoms with Crippen LogP contribution >= 0.6 is 0 Å². The van der Waals surface area contributed by atoms with Crippen LogP contribution in [-0.2, 0) is 0 Å². The van der Waals surface area contributed by atoms with Gasteiger partial charge in [0.1, 0.15) is 0 Å². The van der Waals surface area contributed by atoms with Gasteiger partial charge in [-0.1, -0.05) is 30.4 Å². The van der Waals surface area contributed by atoms with Crippen LogP contribution in [0, 0.1) is 34.5 Å². The van der Waals surface area contributed by atoms with Crippen molar-refractivity contribution in [1.82, 2.24) is 13.9 Å². The van der Waals surface area contributed by atoms with Gasteiger partial charge in [0.2, 0.25) is 0 Å². The highest BCUT2D eigenvalue weighted by Crippen LogP contribution is 3.04. The molecule has 1 aromatic heterocycles. The summed E-state index contributed by atoms with van der Waals surface area (Å²) >= 11 is 0. The first-order chi connectivity index (χ1) is 13.1. The van der Waals surface area contributed by atoms with Crippen molar-refractivity contribution in [3.63, 3.8) is 0 Å². The maximum absolute atomic E-state index is 13.4. The Morgan fingerprint density at radius 1 is 0.778 bits per heavy atom. The number of benzene rings is 1. The molecule has 2 aromatic rings. The number of para-hydroxylation sites is 1. The van der Waals surface area contributed by atoms with Crippen LogP contribution < -0.4 is 11.4 Å². The molecule has 2 N–H and O–H groups in total. The summed E-state index contributed by atoms with van der Waals surface area (Å²) in [4.78, 5) is 26.7. The van der Waals surface area contributed by atoms with Crippen molar-refractivity contribution in [3.8, 4) is 5.69 Å². The smallest absolute Gasteiger partial charge is 0.352 e. The lowest BCUT2D eigenvalue weighted by atomic mass is 9.64. The van der Waals surface area contributed by atoms with Crippen LogP contribution in [0.15, 0.2) is 52.1 Å². The molecule has 9 rings (SSSR count). The lowest BCUT2D eigenvalue weighted by Gasteiger charge is -2.51. The summed E-state index contributed by atoms with van der Waals surface area (Å²) in [5.41, 5.74) is -1.04. The highest BCUT2D eigenvalue weighted by molar-refractivity contribution is 5.54. The molecule has 7 nitrogen and oxygen atoms in total. The van der Waals surface area contributed by atoms with E-state index in [4.69, 9.17) is 0 Å². The Morgan fingerprint density at radius 3 is 1.81 bits per heavy atom. The Kier molecular flexibility index (Phi) is 1.79. The molecule has 4 fully saturated rings. The van der Waals surface area contributed by atoms with E-state index >= 15 is 0 Å². The molecule has 0 saturated heterocycles. The first-order valence-corrected chi connectivity index (χ1v) is 9.65. The molecular weight excluding hydrogens is 346 g/mol. The standard InChI is InChI=1S/C20H17N3O4/c24-9-6-7-10(25)20-14-11-12-13(11)16(20)23-18(27)21(8-4-2-1-3-5-8)17(26)22(23)15(12)19(9,14)20/h1-7,9-16,24-25H/t9-,10+,11?,12-,13-,14?,15-,16-,19-,20-/m0/s1. The first-order valence-electron chi connectivity index (χ1n) is 9.65. The zero-order valence-electron chi connectivity index (χ0n) is 14.2. The van der Waals surface area contributed by atoms with E-state index in [0.717, 1.165) is 0 Å². The van der Waals surface area contributed by atoms with Gasteiger partial charge in [0.05, 0.1) is 30.0 Å². The number of nitrogens with zero attached hydrogens (tertiary/aromatic N) is 3. The van der Waals surface area contributed by atoms with Crippen LogP contribution in [-0.4, -0.2) is 36.4 Å². The first kappa shape index (κ1) is 13.7. The number of hydrogen-bond acceptors (Lipinski definition) is 4. The summed E-state index contributed by atoms with van der Waals surface area (Å²) in [6.45, 7) is 0. The largest absolute Gasteiger partial charge is 0.388 e. The van der Waals surface area contributed by atoms with Gasteiger partial charge < -0.3 is 10.2 Å². The summed E-state index contributed by atoms with van der Waals surface area (Å²) in [6.07, 6.45) is 2.07. The third-order valence-electron chi connectivity index (χ3n) is 8.98. The van der Waals surface area contributed by atoms with E-state index in [0.29, 0.717) is 23.4 Å². The van der Waals surface area contributed by atoms with Crippen molar-refractivity contribution in [2.75, 3.05) is 0 Å². The highest BCUT2D eigenvalue weighted by Gasteiger charge is 3.06. The van der Waals surface area contributed by atoms with E-state index in [2.05, 4.69) is 0 Å². The Labute approximate surface area is 152 Å². The minimum absolute atomic E-state index is 0.192. The summed E-state index contributed by atoms with van der Waals surface area (Å²) in [6, 6.07) is 8.61. The minimum atomic E-state index is -0.664. The van der Waals surface area contributed by atoms with Gasteiger partial charge in [-0.25, -0.2) is 23.5 Å². The van der Waals surface area contributed by atoms with E-state index < -0.39 is 23.0 Å². The van der Waals surface area contributed by atoms with Gasteiger partial charge in [-0.3, -0.25) is 0 Å². The second-order valence-corrected chi connectivity index (χ2v) is 9.17. The predicted octanol–water partition coefficient (Wildman–Crippen LogP) is -0.320. The molecule has 7 heteroatoms. The number of aliphatic hydroxyl groups is 2. The highest BCUT2D eigenvalue weighted by atomic mass is 16.3. The Morgan fingerprint density at radius 2 is 1.30 bits per heavy atom. The maximum Gasteiger partial charge on any atom is 0.352 e. The number of aliphatic hydroxyl groups excluding tert-OH is 2. The third-order valence-corrected chi connectivity index (χ3v) is 8.98. The van der Waals surface area contributed by atoms with Gasteiger partial charge in [0.25, 0.3) is 0 Å². The van der Waals surface area contributed by atoms with Crippen molar-refractivity contribution in [2.24, 2.45) is 34.5 Å². The molecule has 2 bridgehead atoms. The van der Waals surface area contributed by atoms with Crippen LogP contribution in [0.5, 0.6) is 0 Å². The van der Waals surface area contributed by atoms with Crippen molar-refractivity contribution in [1.29, 1.82) is 0 Å². The third kappa shape index (κ3) is 0.953. The molecule has 3 heterocycles. The molecule has 4 saturated carbocycles. The number of aromatic nitrogens is 3. The number of hydrogen-bond donors (Lipinski definition) is 2. The topological polar surface area (TPSA) is 89.4 Å². The Bertz CT molecular complexity index is 1150. The maximum atomic E-state index is 13.4. The van der Waals surface area contributed by atoms with E-state index in [1.807, 2.05) is 18.2 Å². The fourth-order valence-corrected chi connectivity index (χ4v) is 8.69. The minimum Gasteiger partial charge on any atom is -0.388 e. The molecule has 7 aliphatic rings. The quantitative estimate of drug-likeness (QED) is 0.680. The molecule has 5 aliphatic carbocycles. The molecule has 1 aromatic carbocycles. The van der Waals surface area contributed by atoms with Crippen molar-refractivity contribution in [3.05, 3.63) is 63.5 Å². The molecular formula is C20H17N3O4. The zero-order valence-corrected chi connectivity index (χ0v) is 14.2. The summed E-state index contributed by atoms with van der Waals surface area (Å²) in [5.74, 6) is 1.37. The molecule has 2 aliphatic heterocycles. The summed E-state index contributed by atoms with van der Waals surface area (Å²) in [5, 5.41) is 21.9. The average molecular weight is 363 g/mol. The normalized spacial score (nSPS) is 53.3. The molecule has 2 spiro atoms. The lowest BCUT2D eigenvalue weighted by Crippen LogP contribution is -2.59.